The van der Waals surface area contributed by atoms with Crippen LogP contribution in [0.1, 0.15) is 89.0 Å². The van der Waals surface area contributed by atoms with Gasteiger partial charge in [-0.05, 0) is 76.2 Å². The number of nitrogens with two attached hydrogens (primary N) is 1. The number of hydrogen-bond acceptors (Lipinski definition) is 4. The SMILES string of the molecule is COc1ccc(C)cc1N(C(=O)O)C1CC2CCCC(C1)N2CCCCCCCCCCN. The Labute approximate surface area is 200 Å². The van der Waals surface area contributed by atoms with Crippen LogP contribution in [0.15, 0.2) is 18.2 Å². The van der Waals surface area contributed by atoms with Crippen molar-refractivity contribution < 1.29 is 14.6 Å². The van der Waals surface area contributed by atoms with Crippen molar-refractivity contribution in [1.82, 2.24) is 4.90 Å². The first-order valence-corrected chi connectivity index (χ1v) is 13.2. The van der Waals surface area contributed by atoms with Crippen molar-refractivity contribution in [3.8, 4) is 5.75 Å². The molecule has 0 radical (unpaired) electrons. The summed E-state index contributed by atoms with van der Waals surface area (Å²) < 4.78 is 5.53. The number of anilines is 1. The summed E-state index contributed by atoms with van der Waals surface area (Å²) >= 11 is 0. The van der Waals surface area contributed by atoms with Crippen molar-refractivity contribution in [3.05, 3.63) is 23.8 Å². The van der Waals surface area contributed by atoms with E-state index in [1.807, 2.05) is 25.1 Å². The van der Waals surface area contributed by atoms with E-state index in [1.165, 1.54) is 64.2 Å². The van der Waals surface area contributed by atoms with Crippen molar-refractivity contribution in [2.75, 3.05) is 25.1 Å². The monoisotopic (exact) mass is 459 g/mol. The summed E-state index contributed by atoms with van der Waals surface area (Å²) in [6.45, 7) is 3.98. The molecule has 2 atom stereocenters. The second-order valence-corrected chi connectivity index (χ2v) is 10.0. The van der Waals surface area contributed by atoms with E-state index in [2.05, 4.69) is 4.90 Å². The fraction of sp³-hybridized carbons (Fsp3) is 0.741. The van der Waals surface area contributed by atoms with Gasteiger partial charge in [0.05, 0.1) is 12.8 Å². The molecule has 1 aromatic rings. The first kappa shape index (κ1) is 25.8. The molecule has 1 aromatic carbocycles. The van der Waals surface area contributed by atoms with Crippen LogP contribution in [0.25, 0.3) is 0 Å². The highest BCUT2D eigenvalue weighted by atomic mass is 16.5. The van der Waals surface area contributed by atoms with Gasteiger partial charge in [-0.15, -0.1) is 0 Å². The molecule has 0 spiro atoms. The van der Waals surface area contributed by atoms with E-state index in [4.69, 9.17) is 10.5 Å². The van der Waals surface area contributed by atoms with E-state index in [-0.39, 0.29) is 6.04 Å². The topological polar surface area (TPSA) is 79.0 Å². The van der Waals surface area contributed by atoms with Crippen LogP contribution in [0.4, 0.5) is 10.5 Å². The minimum absolute atomic E-state index is 0.0123. The first-order valence-electron chi connectivity index (χ1n) is 13.2. The number of carboxylic acid groups (broad SMARTS) is 1. The Bertz CT molecular complexity index is 727. The van der Waals surface area contributed by atoms with E-state index < -0.39 is 6.09 Å². The number of nitrogens with zero attached hydrogens (tertiary/aromatic N) is 2. The van der Waals surface area contributed by atoms with Gasteiger partial charge in [0.1, 0.15) is 5.75 Å². The molecule has 2 aliphatic heterocycles. The third-order valence-electron chi connectivity index (χ3n) is 7.64. The lowest BCUT2D eigenvalue weighted by Gasteiger charge is -2.50. The van der Waals surface area contributed by atoms with Gasteiger partial charge in [0, 0.05) is 18.1 Å². The minimum Gasteiger partial charge on any atom is -0.495 e. The zero-order valence-electron chi connectivity index (χ0n) is 20.8. The molecule has 0 saturated carbocycles. The molecule has 2 unspecified atom stereocenters. The Morgan fingerprint density at radius 3 is 2.24 bits per heavy atom. The Kier molecular flexibility index (Phi) is 10.3. The first-order chi connectivity index (χ1) is 16.0. The van der Waals surface area contributed by atoms with Crippen LogP contribution < -0.4 is 15.4 Å². The zero-order chi connectivity index (χ0) is 23.6. The predicted octanol–water partition coefficient (Wildman–Crippen LogP) is 5.95. The number of aryl methyl sites for hydroxylation is 1. The molecule has 0 aliphatic carbocycles. The number of piperidine rings is 2. The molecule has 3 rings (SSSR count). The second-order valence-electron chi connectivity index (χ2n) is 10.0. The number of amides is 1. The summed E-state index contributed by atoms with van der Waals surface area (Å²) in [6, 6.07) is 6.81. The van der Waals surface area contributed by atoms with Crippen LogP contribution in [0.3, 0.4) is 0 Å². The van der Waals surface area contributed by atoms with E-state index in [9.17, 15) is 9.90 Å². The quantitative estimate of drug-likeness (QED) is 0.356. The number of ether oxygens (including phenoxy) is 1. The highest BCUT2D eigenvalue weighted by molar-refractivity contribution is 5.89. The average molecular weight is 460 g/mol. The molecule has 186 valence electrons. The lowest BCUT2D eigenvalue weighted by atomic mass is 9.80. The average Bonchev–Trinajstić information content (AvgIpc) is 2.78. The van der Waals surface area contributed by atoms with E-state index in [0.29, 0.717) is 23.5 Å². The summed E-state index contributed by atoms with van der Waals surface area (Å²) in [5, 5.41) is 10.2. The highest BCUT2D eigenvalue weighted by Crippen LogP contribution is 2.40. The summed E-state index contributed by atoms with van der Waals surface area (Å²) in [4.78, 5) is 16.7. The summed E-state index contributed by atoms with van der Waals surface area (Å²) in [5.74, 6) is 0.638. The number of carbonyl (C=O) groups is 1. The van der Waals surface area contributed by atoms with Crippen LogP contribution >= 0.6 is 0 Å². The van der Waals surface area contributed by atoms with Crippen molar-refractivity contribution in [2.24, 2.45) is 5.73 Å². The van der Waals surface area contributed by atoms with Gasteiger partial charge >= 0.3 is 6.09 Å². The summed E-state index contributed by atoms with van der Waals surface area (Å²) in [5.41, 5.74) is 7.30. The molecule has 2 fully saturated rings. The molecule has 6 heteroatoms. The molecule has 2 heterocycles. The standard InChI is InChI=1S/C27H45N3O3/c1-21-14-15-26(33-2)25(18-21)30(27(31)32)24-19-22-12-11-13-23(20-24)29(22)17-10-8-6-4-3-5-7-9-16-28/h14-15,18,22-24H,3-13,16-17,19-20,28H2,1-2H3,(H,31,32). The molecule has 33 heavy (non-hydrogen) atoms. The maximum atomic E-state index is 12.4. The lowest BCUT2D eigenvalue weighted by molar-refractivity contribution is 0.0287. The van der Waals surface area contributed by atoms with Gasteiger partial charge < -0.3 is 15.6 Å². The number of benzene rings is 1. The normalized spacial score (nSPS) is 22.8. The van der Waals surface area contributed by atoms with Gasteiger partial charge in [-0.25, -0.2) is 4.79 Å². The van der Waals surface area contributed by atoms with Crippen LogP contribution in [-0.2, 0) is 0 Å². The molecule has 2 bridgehead atoms. The number of hydrogen-bond donors (Lipinski definition) is 2. The minimum atomic E-state index is -0.873. The Morgan fingerprint density at radius 2 is 1.67 bits per heavy atom. The van der Waals surface area contributed by atoms with E-state index in [0.717, 1.165) is 37.9 Å². The van der Waals surface area contributed by atoms with Gasteiger partial charge in [-0.1, -0.05) is 51.0 Å². The highest BCUT2D eigenvalue weighted by Gasteiger charge is 2.42. The molecule has 1 amide bonds. The molecule has 6 nitrogen and oxygen atoms in total. The Hall–Kier alpha value is -1.79. The third kappa shape index (κ3) is 7.10. The van der Waals surface area contributed by atoms with Gasteiger partial charge in [-0.2, -0.15) is 0 Å². The number of rotatable bonds is 13. The van der Waals surface area contributed by atoms with Gasteiger partial charge in [0.25, 0.3) is 0 Å². The maximum absolute atomic E-state index is 12.4. The molecule has 2 aliphatic rings. The number of unbranched alkanes of at least 4 members (excludes halogenated alkanes) is 7. The molecular formula is C27H45N3O3. The predicted molar refractivity (Wildman–Crippen MR) is 135 cm³/mol. The van der Waals surface area contributed by atoms with Crippen molar-refractivity contribution >= 4 is 11.8 Å². The molecule has 2 saturated heterocycles. The summed E-state index contributed by atoms with van der Waals surface area (Å²) in [6.07, 6.45) is 14.9. The summed E-state index contributed by atoms with van der Waals surface area (Å²) in [7, 11) is 1.62. The van der Waals surface area contributed by atoms with Crippen LogP contribution in [-0.4, -0.2) is 54.4 Å². The number of fused-ring (bicyclic) bond motifs is 2. The molecule has 0 aromatic heterocycles. The fourth-order valence-electron chi connectivity index (χ4n) is 5.97. The van der Waals surface area contributed by atoms with Gasteiger partial charge in [0.15, 0.2) is 0 Å². The van der Waals surface area contributed by atoms with Gasteiger partial charge in [-0.3, -0.25) is 9.80 Å². The number of methoxy groups -OCH3 is 1. The van der Waals surface area contributed by atoms with E-state index in [1.54, 1.807) is 12.0 Å². The van der Waals surface area contributed by atoms with Crippen LogP contribution in [0, 0.1) is 6.92 Å². The fourth-order valence-corrected chi connectivity index (χ4v) is 5.97. The van der Waals surface area contributed by atoms with Crippen molar-refractivity contribution in [1.29, 1.82) is 0 Å². The van der Waals surface area contributed by atoms with E-state index >= 15 is 0 Å². The molecule has 3 N–H and O–H groups in total. The Balaban J connectivity index is 1.55. The molecular weight excluding hydrogens is 414 g/mol. The Morgan fingerprint density at radius 1 is 1.06 bits per heavy atom. The third-order valence-corrected chi connectivity index (χ3v) is 7.64. The zero-order valence-corrected chi connectivity index (χ0v) is 20.8. The smallest absolute Gasteiger partial charge is 0.412 e. The lowest BCUT2D eigenvalue weighted by Crippen LogP contribution is -2.58. The van der Waals surface area contributed by atoms with Crippen molar-refractivity contribution in [2.45, 2.75) is 109 Å². The second kappa shape index (κ2) is 13.2. The van der Waals surface area contributed by atoms with Gasteiger partial charge in [0.2, 0.25) is 0 Å². The van der Waals surface area contributed by atoms with Crippen molar-refractivity contribution in [3.63, 3.8) is 0 Å². The maximum Gasteiger partial charge on any atom is 0.412 e. The van der Waals surface area contributed by atoms with Crippen LogP contribution in [0.2, 0.25) is 0 Å². The largest absolute Gasteiger partial charge is 0.495 e. The van der Waals surface area contributed by atoms with Crippen LogP contribution in [0.5, 0.6) is 5.75 Å².